The molecule has 0 atom stereocenters. The van der Waals surface area contributed by atoms with Crippen LogP contribution < -0.4 is 15.4 Å². The predicted molar refractivity (Wildman–Crippen MR) is 87.6 cm³/mol. The molecule has 0 amide bonds. The second kappa shape index (κ2) is 7.98. The Labute approximate surface area is 133 Å². The highest BCUT2D eigenvalue weighted by Gasteiger charge is 2.18. The van der Waals surface area contributed by atoms with Gasteiger partial charge in [0.15, 0.2) is 11.6 Å². The lowest BCUT2D eigenvalue weighted by Crippen LogP contribution is -2.10. The Kier molecular flexibility index (Phi) is 5.74. The maximum atomic E-state index is 13.6. The third-order valence-corrected chi connectivity index (χ3v) is 3.24. The molecule has 0 saturated heterocycles. The molecule has 0 heterocycles. The van der Waals surface area contributed by atoms with Crippen LogP contribution in [-0.4, -0.2) is 25.1 Å². The molecule has 6 nitrogen and oxygen atoms in total. The molecular weight excluding hydrogens is 301 g/mol. The molecule has 2 aromatic carbocycles. The minimum Gasteiger partial charge on any atom is -0.494 e. The molecule has 0 bridgehead atoms. The van der Waals surface area contributed by atoms with E-state index in [0.717, 1.165) is 18.2 Å². The maximum Gasteiger partial charge on any atom is 0.295 e. The van der Waals surface area contributed by atoms with Gasteiger partial charge in [-0.1, -0.05) is 18.2 Å². The lowest BCUT2D eigenvalue weighted by molar-refractivity contribution is -0.384. The number of nitrogens with zero attached hydrogens (tertiary/aromatic N) is 1. The highest BCUT2D eigenvalue weighted by molar-refractivity contribution is 5.64. The number of anilines is 2. The molecule has 0 fully saturated rings. The normalized spacial score (nSPS) is 10.2. The van der Waals surface area contributed by atoms with Crippen LogP contribution in [0.2, 0.25) is 0 Å². The van der Waals surface area contributed by atoms with Crippen LogP contribution in [0.25, 0.3) is 0 Å². The smallest absolute Gasteiger partial charge is 0.295 e. The Bertz CT molecular complexity index is 665. The Balaban J connectivity index is 1.90. The first-order valence-corrected chi connectivity index (χ1v) is 7.16. The van der Waals surface area contributed by atoms with Crippen molar-refractivity contribution in [3.63, 3.8) is 0 Å². The lowest BCUT2D eigenvalue weighted by Gasteiger charge is -2.10. The molecule has 7 heteroatoms. The van der Waals surface area contributed by atoms with Gasteiger partial charge < -0.3 is 15.4 Å². The van der Waals surface area contributed by atoms with Crippen LogP contribution >= 0.6 is 0 Å². The van der Waals surface area contributed by atoms with Gasteiger partial charge in [0.1, 0.15) is 5.69 Å². The molecule has 2 rings (SSSR count). The van der Waals surface area contributed by atoms with Crippen molar-refractivity contribution in [1.29, 1.82) is 0 Å². The summed E-state index contributed by atoms with van der Waals surface area (Å²) >= 11 is 0. The molecule has 0 saturated carbocycles. The Morgan fingerprint density at radius 2 is 1.87 bits per heavy atom. The van der Waals surface area contributed by atoms with Gasteiger partial charge in [-0.15, -0.1) is 0 Å². The van der Waals surface area contributed by atoms with Gasteiger partial charge in [-0.25, -0.2) is 4.39 Å². The third-order valence-electron chi connectivity index (χ3n) is 3.24. The number of hydrogen-bond donors (Lipinski definition) is 2. The van der Waals surface area contributed by atoms with E-state index < -0.39 is 10.7 Å². The molecule has 2 aromatic rings. The van der Waals surface area contributed by atoms with E-state index >= 15 is 0 Å². The van der Waals surface area contributed by atoms with Crippen molar-refractivity contribution >= 4 is 17.1 Å². The number of rotatable bonds is 8. The molecule has 23 heavy (non-hydrogen) atoms. The number of methoxy groups -OCH3 is 1. The second-order valence-corrected chi connectivity index (χ2v) is 4.83. The Hall–Kier alpha value is -2.83. The molecule has 0 spiro atoms. The molecule has 0 aliphatic heterocycles. The SMILES string of the molecule is COc1cc(NCCCNc2ccccc2)c([N+](=O)[O-])cc1F. The Morgan fingerprint density at radius 3 is 2.52 bits per heavy atom. The van der Waals surface area contributed by atoms with Gasteiger partial charge in [0.25, 0.3) is 5.69 Å². The fraction of sp³-hybridized carbons (Fsp3) is 0.250. The third kappa shape index (κ3) is 4.57. The van der Waals surface area contributed by atoms with E-state index in [0.29, 0.717) is 13.1 Å². The first-order chi connectivity index (χ1) is 11.1. The first-order valence-electron chi connectivity index (χ1n) is 7.16. The quantitative estimate of drug-likeness (QED) is 0.441. The van der Waals surface area contributed by atoms with Crippen LogP contribution in [0, 0.1) is 15.9 Å². The van der Waals surface area contributed by atoms with Gasteiger partial charge in [-0.2, -0.15) is 0 Å². The fourth-order valence-electron chi connectivity index (χ4n) is 2.09. The van der Waals surface area contributed by atoms with Crippen molar-refractivity contribution in [3.05, 3.63) is 58.4 Å². The zero-order valence-corrected chi connectivity index (χ0v) is 12.7. The average molecular weight is 319 g/mol. The van der Waals surface area contributed by atoms with Gasteiger partial charge in [-0.3, -0.25) is 10.1 Å². The summed E-state index contributed by atoms with van der Waals surface area (Å²) in [6.07, 6.45) is 0.742. The van der Waals surface area contributed by atoms with Crippen LogP contribution in [0.3, 0.4) is 0 Å². The number of nitro groups is 1. The van der Waals surface area contributed by atoms with Crippen LogP contribution in [-0.2, 0) is 0 Å². The van der Waals surface area contributed by atoms with Crippen LogP contribution in [0.4, 0.5) is 21.5 Å². The largest absolute Gasteiger partial charge is 0.494 e. The highest BCUT2D eigenvalue weighted by atomic mass is 19.1. The van der Waals surface area contributed by atoms with Crippen molar-refractivity contribution < 1.29 is 14.1 Å². The van der Waals surface area contributed by atoms with Crippen LogP contribution in [0.5, 0.6) is 5.75 Å². The van der Waals surface area contributed by atoms with Crippen molar-refractivity contribution in [3.8, 4) is 5.75 Å². The average Bonchev–Trinajstić information content (AvgIpc) is 2.56. The van der Waals surface area contributed by atoms with Gasteiger partial charge in [0.05, 0.1) is 18.1 Å². The number of halogens is 1. The van der Waals surface area contributed by atoms with E-state index in [-0.39, 0.29) is 17.1 Å². The summed E-state index contributed by atoms with van der Waals surface area (Å²) in [7, 11) is 1.32. The minimum atomic E-state index is -0.754. The Morgan fingerprint density at radius 1 is 1.17 bits per heavy atom. The van der Waals surface area contributed by atoms with Gasteiger partial charge in [0, 0.05) is 24.8 Å². The van der Waals surface area contributed by atoms with E-state index in [1.54, 1.807) is 0 Å². The van der Waals surface area contributed by atoms with E-state index in [1.165, 1.54) is 13.2 Å². The number of para-hydroxylation sites is 1. The lowest BCUT2D eigenvalue weighted by atomic mass is 10.2. The minimum absolute atomic E-state index is 0.0273. The standard InChI is InChI=1S/C16H18FN3O3/c1-23-16-11-14(15(20(21)22)10-13(16)17)19-9-5-8-18-12-6-3-2-4-7-12/h2-4,6-7,10-11,18-19H,5,8-9H2,1H3. The molecule has 0 aliphatic rings. The van der Waals surface area contributed by atoms with Gasteiger partial charge in [-0.05, 0) is 18.6 Å². The molecule has 0 aliphatic carbocycles. The molecule has 0 unspecified atom stereocenters. The molecule has 2 N–H and O–H groups in total. The summed E-state index contributed by atoms with van der Waals surface area (Å²) in [5.41, 5.74) is 0.953. The summed E-state index contributed by atoms with van der Waals surface area (Å²) in [6.45, 7) is 1.22. The molecule has 0 aromatic heterocycles. The van der Waals surface area contributed by atoms with Crippen molar-refractivity contribution in [2.45, 2.75) is 6.42 Å². The van der Waals surface area contributed by atoms with Crippen molar-refractivity contribution in [2.75, 3.05) is 30.8 Å². The van der Waals surface area contributed by atoms with Crippen molar-refractivity contribution in [2.24, 2.45) is 0 Å². The second-order valence-electron chi connectivity index (χ2n) is 4.83. The number of hydrogen-bond acceptors (Lipinski definition) is 5. The van der Waals surface area contributed by atoms with Gasteiger partial charge >= 0.3 is 0 Å². The van der Waals surface area contributed by atoms with Crippen LogP contribution in [0.15, 0.2) is 42.5 Å². The van der Waals surface area contributed by atoms with E-state index in [1.807, 2.05) is 30.3 Å². The molecular formula is C16H18FN3O3. The number of ether oxygens (including phenoxy) is 1. The first kappa shape index (κ1) is 16.5. The van der Waals surface area contributed by atoms with E-state index in [9.17, 15) is 14.5 Å². The van der Waals surface area contributed by atoms with E-state index in [2.05, 4.69) is 10.6 Å². The molecule has 122 valence electrons. The number of nitrogens with one attached hydrogen (secondary N) is 2. The number of benzene rings is 2. The summed E-state index contributed by atoms with van der Waals surface area (Å²) in [5, 5.41) is 17.2. The monoisotopic (exact) mass is 319 g/mol. The summed E-state index contributed by atoms with van der Waals surface area (Å²) in [4.78, 5) is 10.4. The zero-order valence-electron chi connectivity index (χ0n) is 12.7. The van der Waals surface area contributed by atoms with Crippen molar-refractivity contribution in [1.82, 2.24) is 0 Å². The van der Waals surface area contributed by atoms with Gasteiger partial charge in [0.2, 0.25) is 0 Å². The van der Waals surface area contributed by atoms with Crippen LogP contribution in [0.1, 0.15) is 6.42 Å². The highest BCUT2D eigenvalue weighted by Crippen LogP contribution is 2.31. The topological polar surface area (TPSA) is 76.4 Å². The zero-order chi connectivity index (χ0) is 16.7. The summed E-state index contributed by atoms with van der Waals surface area (Å²) < 4.78 is 18.4. The molecule has 0 radical (unpaired) electrons. The summed E-state index contributed by atoms with van der Waals surface area (Å²) in [6, 6.07) is 11.9. The number of nitro benzene ring substituents is 1. The fourth-order valence-corrected chi connectivity index (χ4v) is 2.09. The van der Waals surface area contributed by atoms with E-state index in [4.69, 9.17) is 4.74 Å². The maximum absolute atomic E-state index is 13.6. The predicted octanol–water partition coefficient (Wildman–Crippen LogP) is 3.66. The summed E-state index contributed by atoms with van der Waals surface area (Å²) in [5.74, 6) is -0.781.